The Bertz CT molecular complexity index is 1640. The van der Waals surface area contributed by atoms with Gasteiger partial charge in [-0.15, -0.1) is 0 Å². The fraction of sp³-hybridized carbons (Fsp3) is 0.433. The van der Waals surface area contributed by atoms with Gasteiger partial charge in [-0.25, -0.2) is 9.18 Å². The van der Waals surface area contributed by atoms with Crippen molar-refractivity contribution < 1.29 is 36.7 Å². The maximum Gasteiger partial charge on any atom is 0.416 e. The van der Waals surface area contributed by atoms with Crippen LogP contribution >= 0.6 is 0 Å². The number of hydrogen-bond acceptors (Lipinski definition) is 5. The zero-order valence-electron chi connectivity index (χ0n) is 23.8. The van der Waals surface area contributed by atoms with Crippen molar-refractivity contribution in [3.8, 4) is 0 Å². The molecule has 1 spiro atoms. The number of halogens is 4. The van der Waals surface area contributed by atoms with Gasteiger partial charge >= 0.3 is 12.2 Å². The largest absolute Gasteiger partial charge is 0.416 e. The number of benzene rings is 2. The van der Waals surface area contributed by atoms with E-state index in [9.17, 15) is 36.7 Å². The highest BCUT2D eigenvalue weighted by Gasteiger charge is 2.58. The van der Waals surface area contributed by atoms with Crippen LogP contribution in [0.25, 0.3) is 10.9 Å². The van der Waals surface area contributed by atoms with Gasteiger partial charge in [-0.3, -0.25) is 29.3 Å². The molecule has 1 atom stereocenters. The van der Waals surface area contributed by atoms with Gasteiger partial charge in [0.1, 0.15) is 17.4 Å². The lowest BCUT2D eigenvalue weighted by molar-refractivity contribution is -0.139. The summed E-state index contributed by atoms with van der Waals surface area (Å²) in [5.74, 6) is -3.36. The Labute approximate surface area is 249 Å². The minimum atomic E-state index is -4.78. The van der Waals surface area contributed by atoms with Gasteiger partial charge in [-0.1, -0.05) is 12.8 Å². The molecule has 2 N–H and O–H groups in total. The van der Waals surface area contributed by atoms with Gasteiger partial charge in [0.05, 0.1) is 22.8 Å². The number of likely N-dealkylation sites (N-methyl/N-ethyl adjacent to an activating group) is 1. The summed E-state index contributed by atoms with van der Waals surface area (Å²) < 4.78 is 54.3. The van der Waals surface area contributed by atoms with Crippen LogP contribution in [0.4, 0.5) is 28.0 Å². The Morgan fingerprint density at radius 1 is 1.07 bits per heavy atom. The highest BCUT2D eigenvalue weighted by atomic mass is 19.4. The van der Waals surface area contributed by atoms with Crippen molar-refractivity contribution >= 4 is 40.3 Å². The molecule has 0 radical (unpaired) electrons. The van der Waals surface area contributed by atoms with Crippen LogP contribution in [-0.4, -0.2) is 75.5 Å². The third-order valence-electron chi connectivity index (χ3n) is 9.16. The molecule has 44 heavy (non-hydrogen) atoms. The molecule has 5 amide bonds. The first-order chi connectivity index (χ1) is 20.9. The number of fused-ring (bicyclic) bond motifs is 1. The fourth-order valence-electron chi connectivity index (χ4n) is 6.75. The third kappa shape index (κ3) is 4.95. The minimum Gasteiger partial charge on any atom is -0.341 e. The average molecular weight is 615 g/mol. The molecule has 6 rings (SSSR count). The van der Waals surface area contributed by atoms with E-state index in [-0.39, 0.29) is 37.8 Å². The molecule has 2 aliphatic heterocycles. The SMILES string of the molecule is CN1C(=O)N(c2ccc3[nH]ncc3c2)C2(CCN(C(=O)[C@H](NC(=O)c3cc(C(F)(F)F)ccc3F)C3CCCC3)CC2)C1=O. The molecule has 1 aromatic heterocycles. The summed E-state index contributed by atoms with van der Waals surface area (Å²) in [4.78, 5) is 57.9. The minimum absolute atomic E-state index is 0.0904. The average Bonchev–Trinajstić information content (AvgIpc) is 3.74. The smallest absolute Gasteiger partial charge is 0.341 e. The molecule has 232 valence electrons. The highest BCUT2D eigenvalue weighted by molar-refractivity contribution is 6.17. The van der Waals surface area contributed by atoms with Crippen LogP contribution in [-0.2, 0) is 15.8 Å². The number of carbonyl (C=O) groups is 4. The first-order valence-electron chi connectivity index (χ1n) is 14.4. The predicted molar refractivity (Wildman–Crippen MR) is 150 cm³/mol. The molecular formula is C30H30F4N6O4. The molecule has 0 unspecified atom stereocenters. The van der Waals surface area contributed by atoms with E-state index in [0.717, 1.165) is 28.6 Å². The summed E-state index contributed by atoms with van der Waals surface area (Å²) in [5, 5.41) is 10.2. The molecule has 3 aliphatic rings. The molecule has 14 heteroatoms. The van der Waals surface area contributed by atoms with Crippen LogP contribution in [0, 0.1) is 11.7 Å². The lowest BCUT2D eigenvalue weighted by Gasteiger charge is -2.43. The topological polar surface area (TPSA) is 119 Å². The Morgan fingerprint density at radius 3 is 2.45 bits per heavy atom. The van der Waals surface area contributed by atoms with Crippen LogP contribution in [0.5, 0.6) is 0 Å². The maximum absolute atomic E-state index is 14.5. The summed E-state index contributed by atoms with van der Waals surface area (Å²) in [5.41, 5.74) is -1.92. The lowest BCUT2D eigenvalue weighted by Crippen LogP contribution is -2.60. The van der Waals surface area contributed by atoms with Crippen molar-refractivity contribution in [3.05, 3.63) is 59.5 Å². The number of nitrogens with zero attached hydrogens (tertiary/aromatic N) is 4. The number of alkyl halides is 3. The van der Waals surface area contributed by atoms with Gasteiger partial charge in [0.15, 0.2) is 0 Å². The number of nitrogens with one attached hydrogen (secondary N) is 2. The monoisotopic (exact) mass is 614 g/mol. The number of anilines is 1. The number of carbonyl (C=O) groups excluding carboxylic acids is 4. The first-order valence-corrected chi connectivity index (χ1v) is 14.4. The van der Waals surface area contributed by atoms with Crippen LogP contribution in [0.3, 0.4) is 0 Å². The summed E-state index contributed by atoms with van der Waals surface area (Å²) >= 11 is 0. The van der Waals surface area contributed by atoms with Gasteiger partial charge in [-0.2, -0.15) is 18.3 Å². The zero-order chi connectivity index (χ0) is 31.4. The van der Waals surface area contributed by atoms with E-state index >= 15 is 0 Å². The van der Waals surface area contributed by atoms with E-state index < -0.39 is 52.5 Å². The summed E-state index contributed by atoms with van der Waals surface area (Å²) in [6.07, 6.45) is -0.0625. The number of imide groups is 1. The molecule has 2 saturated heterocycles. The second-order valence-electron chi connectivity index (χ2n) is 11.7. The quantitative estimate of drug-likeness (QED) is 0.325. The summed E-state index contributed by atoms with van der Waals surface area (Å²) in [6.45, 7) is 0.181. The fourth-order valence-corrected chi connectivity index (χ4v) is 6.75. The highest BCUT2D eigenvalue weighted by Crippen LogP contribution is 2.41. The van der Waals surface area contributed by atoms with Gasteiger partial charge < -0.3 is 10.2 Å². The van der Waals surface area contributed by atoms with E-state index in [2.05, 4.69) is 15.5 Å². The Hall–Kier alpha value is -4.49. The summed E-state index contributed by atoms with van der Waals surface area (Å²) in [7, 11) is 1.42. The van der Waals surface area contributed by atoms with Crippen LogP contribution in [0.2, 0.25) is 0 Å². The molecule has 10 nitrogen and oxygen atoms in total. The Morgan fingerprint density at radius 2 is 1.77 bits per heavy atom. The van der Waals surface area contributed by atoms with Gasteiger partial charge in [-0.05, 0) is 68.0 Å². The summed E-state index contributed by atoms with van der Waals surface area (Å²) in [6, 6.07) is 5.26. The molecule has 2 aromatic carbocycles. The second-order valence-corrected chi connectivity index (χ2v) is 11.7. The van der Waals surface area contributed by atoms with Crippen molar-refractivity contribution in [2.75, 3.05) is 25.0 Å². The third-order valence-corrected chi connectivity index (χ3v) is 9.16. The van der Waals surface area contributed by atoms with Gasteiger partial charge in [0.25, 0.3) is 11.8 Å². The van der Waals surface area contributed by atoms with E-state index in [4.69, 9.17) is 0 Å². The van der Waals surface area contributed by atoms with Crippen LogP contribution < -0.4 is 10.2 Å². The zero-order valence-corrected chi connectivity index (χ0v) is 23.8. The Kier molecular flexibility index (Phi) is 7.33. The molecule has 3 heterocycles. The number of aromatic nitrogens is 2. The Balaban J connectivity index is 1.23. The number of piperidine rings is 1. The van der Waals surface area contributed by atoms with Crippen molar-refractivity contribution in [2.24, 2.45) is 5.92 Å². The molecule has 1 saturated carbocycles. The number of amides is 5. The number of hydrogen-bond donors (Lipinski definition) is 2. The number of rotatable bonds is 5. The maximum atomic E-state index is 14.5. The van der Waals surface area contributed by atoms with E-state index in [1.165, 1.54) is 16.8 Å². The second kappa shape index (κ2) is 10.9. The molecule has 3 aromatic rings. The predicted octanol–water partition coefficient (Wildman–Crippen LogP) is 4.47. The molecule has 1 aliphatic carbocycles. The number of H-pyrrole nitrogens is 1. The van der Waals surface area contributed by atoms with Crippen LogP contribution in [0.15, 0.2) is 42.6 Å². The van der Waals surface area contributed by atoms with Crippen molar-refractivity contribution in [1.82, 2.24) is 25.3 Å². The van der Waals surface area contributed by atoms with E-state index in [0.29, 0.717) is 36.7 Å². The van der Waals surface area contributed by atoms with Crippen molar-refractivity contribution in [3.63, 3.8) is 0 Å². The van der Waals surface area contributed by atoms with Crippen LogP contribution in [0.1, 0.15) is 54.4 Å². The molecular weight excluding hydrogens is 584 g/mol. The number of urea groups is 1. The molecule has 3 fully saturated rings. The standard InChI is InChI=1S/C30H30F4N6O4/c1-38-27(43)29(40(28(38)44)20-7-9-23-18(14-20)16-35-37-23)10-12-39(13-11-29)26(42)24(17-4-2-3-5-17)36-25(41)21-15-19(30(32,33)34)6-8-22(21)31/h6-9,14-17,24H,2-5,10-13H2,1H3,(H,35,37)(H,36,41)/t24-/m1/s1. The number of aromatic amines is 1. The number of likely N-dealkylation sites (tertiary alicyclic amines) is 1. The van der Waals surface area contributed by atoms with Crippen molar-refractivity contribution in [1.29, 1.82) is 0 Å². The lowest BCUT2D eigenvalue weighted by atomic mass is 9.84. The first kappa shape index (κ1) is 29.6. The van der Waals surface area contributed by atoms with Crippen molar-refractivity contribution in [2.45, 2.75) is 56.3 Å². The van der Waals surface area contributed by atoms with E-state index in [1.54, 1.807) is 24.4 Å². The molecule has 0 bridgehead atoms. The normalized spacial score (nSPS) is 19.8. The van der Waals surface area contributed by atoms with Gasteiger partial charge in [0.2, 0.25) is 5.91 Å². The van der Waals surface area contributed by atoms with E-state index in [1.807, 2.05) is 0 Å². The van der Waals surface area contributed by atoms with Gasteiger partial charge in [0, 0.05) is 31.2 Å².